The molecule has 88 valence electrons. The molecule has 0 amide bonds. The van der Waals surface area contributed by atoms with Crippen LogP contribution in [0.25, 0.3) is 0 Å². The summed E-state index contributed by atoms with van der Waals surface area (Å²) in [5, 5.41) is 1.54. The first-order valence-electron chi connectivity index (χ1n) is 4.83. The van der Waals surface area contributed by atoms with E-state index in [1.165, 1.54) is 11.8 Å². The standard InChI is InChI=1S/C10H10ClN5S/c1-16(2)9-13-8(11)14-10(15-9)17-7-5-3-4-6-12-7/h3-6H,1-2H3. The van der Waals surface area contributed by atoms with Crippen LogP contribution in [0.4, 0.5) is 5.95 Å². The topological polar surface area (TPSA) is 54.8 Å². The Morgan fingerprint density at radius 1 is 1.18 bits per heavy atom. The Hall–Kier alpha value is -1.40. The van der Waals surface area contributed by atoms with E-state index in [9.17, 15) is 0 Å². The summed E-state index contributed by atoms with van der Waals surface area (Å²) in [4.78, 5) is 18.3. The second-order valence-electron chi connectivity index (χ2n) is 3.35. The molecule has 0 fully saturated rings. The van der Waals surface area contributed by atoms with Crippen LogP contribution >= 0.6 is 23.4 Å². The summed E-state index contributed by atoms with van der Waals surface area (Å²) in [6.45, 7) is 0. The first-order valence-corrected chi connectivity index (χ1v) is 6.02. The Morgan fingerprint density at radius 3 is 2.65 bits per heavy atom. The molecule has 0 unspecified atom stereocenters. The van der Waals surface area contributed by atoms with Gasteiger partial charge in [-0.05, 0) is 35.5 Å². The summed E-state index contributed by atoms with van der Waals surface area (Å²) in [6.07, 6.45) is 1.72. The molecule has 2 aromatic heterocycles. The number of aromatic nitrogens is 4. The lowest BCUT2D eigenvalue weighted by molar-refractivity contribution is 0.864. The second kappa shape index (κ2) is 5.29. The quantitative estimate of drug-likeness (QED) is 0.849. The number of pyridine rings is 1. The lowest BCUT2D eigenvalue weighted by Gasteiger charge is -2.10. The van der Waals surface area contributed by atoms with Crippen molar-refractivity contribution in [3.8, 4) is 0 Å². The van der Waals surface area contributed by atoms with Crippen LogP contribution in [0.15, 0.2) is 34.6 Å². The van der Waals surface area contributed by atoms with Gasteiger partial charge in [0.15, 0.2) is 5.16 Å². The molecule has 7 heteroatoms. The van der Waals surface area contributed by atoms with Crippen molar-refractivity contribution in [2.75, 3.05) is 19.0 Å². The largest absolute Gasteiger partial charge is 0.347 e. The lowest BCUT2D eigenvalue weighted by atomic mass is 10.5. The first kappa shape index (κ1) is 12.1. The Morgan fingerprint density at radius 2 is 2.00 bits per heavy atom. The Bertz CT molecular complexity index is 505. The lowest BCUT2D eigenvalue weighted by Crippen LogP contribution is -2.13. The highest BCUT2D eigenvalue weighted by Crippen LogP contribution is 2.24. The van der Waals surface area contributed by atoms with Gasteiger partial charge in [0.25, 0.3) is 0 Å². The number of hydrogen-bond acceptors (Lipinski definition) is 6. The molecule has 17 heavy (non-hydrogen) atoms. The van der Waals surface area contributed by atoms with Crippen molar-refractivity contribution in [1.82, 2.24) is 19.9 Å². The van der Waals surface area contributed by atoms with E-state index in [1.807, 2.05) is 32.3 Å². The molecular weight excluding hydrogens is 258 g/mol. The average molecular weight is 268 g/mol. The minimum atomic E-state index is 0.183. The maximum atomic E-state index is 5.84. The number of hydrogen-bond donors (Lipinski definition) is 0. The van der Waals surface area contributed by atoms with Gasteiger partial charge >= 0.3 is 0 Å². The molecule has 0 radical (unpaired) electrons. The van der Waals surface area contributed by atoms with Gasteiger partial charge in [0.05, 0.1) is 0 Å². The molecule has 0 aliphatic heterocycles. The SMILES string of the molecule is CN(C)c1nc(Cl)nc(Sc2ccccn2)n1. The molecule has 0 aromatic carbocycles. The van der Waals surface area contributed by atoms with E-state index in [4.69, 9.17) is 11.6 Å². The summed E-state index contributed by atoms with van der Waals surface area (Å²) >= 11 is 7.19. The van der Waals surface area contributed by atoms with E-state index >= 15 is 0 Å². The molecule has 2 aromatic rings. The van der Waals surface area contributed by atoms with Crippen LogP contribution in [0, 0.1) is 0 Å². The molecule has 0 saturated carbocycles. The molecule has 0 bridgehead atoms. The van der Waals surface area contributed by atoms with Crippen LogP contribution in [-0.2, 0) is 0 Å². The van der Waals surface area contributed by atoms with Crippen LogP contribution in [0.2, 0.25) is 5.28 Å². The van der Waals surface area contributed by atoms with Gasteiger partial charge in [0.1, 0.15) is 5.03 Å². The third-order valence-electron chi connectivity index (χ3n) is 1.81. The van der Waals surface area contributed by atoms with E-state index in [1.54, 1.807) is 11.1 Å². The molecule has 0 saturated heterocycles. The molecule has 0 atom stereocenters. The fraction of sp³-hybridized carbons (Fsp3) is 0.200. The highest BCUT2D eigenvalue weighted by molar-refractivity contribution is 7.99. The van der Waals surface area contributed by atoms with Gasteiger partial charge in [-0.2, -0.15) is 15.0 Å². The van der Waals surface area contributed by atoms with Gasteiger partial charge < -0.3 is 4.90 Å². The highest BCUT2D eigenvalue weighted by atomic mass is 35.5. The molecule has 0 aliphatic rings. The Labute approximate surface area is 108 Å². The van der Waals surface area contributed by atoms with Crippen molar-refractivity contribution in [2.45, 2.75) is 10.2 Å². The normalized spacial score (nSPS) is 10.3. The fourth-order valence-electron chi connectivity index (χ4n) is 1.07. The molecule has 0 aliphatic carbocycles. The van der Waals surface area contributed by atoms with Crippen molar-refractivity contribution < 1.29 is 0 Å². The Balaban J connectivity index is 2.27. The molecule has 5 nitrogen and oxygen atoms in total. The smallest absolute Gasteiger partial charge is 0.230 e. The van der Waals surface area contributed by atoms with Gasteiger partial charge in [-0.25, -0.2) is 4.98 Å². The molecule has 0 N–H and O–H groups in total. The highest BCUT2D eigenvalue weighted by Gasteiger charge is 2.08. The summed E-state index contributed by atoms with van der Waals surface area (Å²) in [5.41, 5.74) is 0. The molecule has 0 spiro atoms. The van der Waals surface area contributed by atoms with Crippen LogP contribution in [0.1, 0.15) is 0 Å². The van der Waals surface area contributed by atoms with Crippen LogP contribution in [-0.4, -0.2) is 34.0 Å². The van der Waals surface area contributed by atoms with Crippen molar-refractivity contribution in [3.63, 3.8) is 0 Å². The summed E-state index contributed by atoms with van der Waals surface area (Å²) in [6, 6.07) is 5.65. The van der Waals surface area contributed by atoms with E-state index in [2.05, 4.69) is 19.9 Å². The minimum absolute atomic E-state index is 0.183. The summed E-state index contributed by atoms with van der Waals surface area (Å²) in [7, 11) is 3.70. The predicted molar refractivity (Wildman–Crippen MR) is 67.5 cm³/mol. The number of nitrogens with zero attached hydrogens (tertiary/aromatic N) is 5. The average Bonchev–Trinajstić information content (AvgIpc) is 2.29. The monoisotopic (exact) mass is 267 g/mol. The van der Waals surface area contributed by atoms with Crippen LogP contribution in [0.3, 0.4) is 0 Å². The van der Waals surface area contributed by atoms with Crippen molar-refractivity contribution in [1.29, 1.82) is 0 Å². The zero-order chi connectivity index (χ0) is 12.3. The van der Waals surface area contributed by atoms with Gasteiger partial charge in [-0.1, -0.05) is 6.07 Å². The van der Waals surface area contributed by atoms with E-state index in [0.717, 1.165) is 5.03 Å². The van der Waals surface area contributed by atoms with Crippen molar-refractivity contribution in [2.24, 2.45) is 0 Å². The van der Waals surface area contributed by atoms with Crippen molar-refractivity contribution >= 4 is 29.3 Å². The van der Waals surface area contributed by atoms with Crippen molar-refractivity contribution in [3.05, 3.63) is 29.7 Å². The maximum Gasteiger partial charge on any atom is 0.230 e. The molecule has 2 heterocycles. The van der Waals surface area contributed by atoms with Crippen LogP contribution in [0.5, 0.6) is 0 Å². The molecular formula is C10H10ClN5S. The number of rotatable bonds is 3. The predicted octanol–water partition coefficient (Wildman–Crippen LogP) is 2.14. The Kier molecular flexibility index (Phi) is 3.75. The van der Waals surface area contributed by atoms with Gasteiger partial charge in [0, 0.05) is 20.3 Å². The summed E-state index contributed by atoms with van der Waals surface area (Å²) in [5.74, 6) is 0.531. The van der Waals surface area contributed by atoms with Gasteiger partial charge in [-0.15, -0.1) is 0 Å². The van der Waals surface area contributed by atoms with E-state index in [0.29, 0.717) is 11.1 Å². The number of anilines is 1. The number of halogens is 1. The van der Waals surface area contributed by atoms with E-state index in [-0.39, 0.29) is 5.28 Å². The fourth-order valence-corrected chi connectivity index (χ4v) is 1.98. The maximum absolute atomic E-state index is 5.84. The zero-order valence-corrected chi connectivity index (χ0v) is 10.9. The summed E-state index contributed by atoms with van der Waals surface area (Å²) < 4.78 is 0. The van der Waals surface area contributed by atoms with E-state index < -0.39 is 0 Å². The molecule has 2 rings (SSSR count). The first-order chi connectivity index (χ1) is 8.15. The van der Waals surface area contributed by atoms with Gasteiger partial charge in [0.2, 0.25) is 11.2 Å². The van der Waals surface area contributed by atoms with Gasteiger partial charge in [-0.3, -0.25) is 0 Å². The second-order valence-corrected chi connectivity index (χ2v) is 4.68. The third kappa shape index (κ3) is 3.28. The minimum Gasteiger partial charge on any atom is -0.347 e. The zero-order valence-electron chi connectivity index (χ0n) is 9.33. The third-order valence-corrected chi connectivity index (χ3v) is 2.79. The van der Waals surface area contributed by atoms with Crippen LogP contribution < -0.4 is 4.90 Å².